The maximum Gasteiger partial charge on any atom is 0.314 e. The van der Waals surface area contributed by atoms with E-state index in [1.807, 2.05) is 0 Å². The lowest BCUT2D eigenvalue weighted by atomic mass is 9.79. The lowest BCUT2D eigenvalue weighted by molar-refractivity contribution is 0.0546. The summed E-state index contributed by atoms with van der Waals surface area (Å²) in [6.45, 7) is 1.77. The van der Waals surface area contributed by atoms with Gasteiger partial charge in [0.05, 0.1) is 5.54 Å². The number of carbonyl (C=O) groups excluding carboxylic acids is 1. The second kappa shape index (κ2) is 6.68. The Morgan fingerprint density at radius 3 is 2.52 bits per heavy atom. The molecule has 5 nitrogen and oxygen atoms in total. The Labute approximate surface area is 163 Å². The van der Waals surface area contributed by atoms with E-state index in [0.717, 1.165) is 12.1 Å². The molecule has 150 valence electrons. The molecule has 0 radical (unpaired) electrons. The van der Waals surface area contributed by atoms with Crippen molar-refractivity contribution in [3.05, 3.63) is 70.6 Å². The highest BCUT2D eigenvalue weighted by Gasteiger charge is 2.41. The molecule has 2 heterocycles. The first-order valence-electron chi connectivity index (χ1n) is 8.69. The van der Waals surface area contributed by atoms with Crippen LogP contribution in [0.1, 0.15) is 40.7 Å². The van der Waals surface area contributed by atoms with Crippen LogP contribution in [0.3, 0.4) is 0 Å². The summed E-state index contributed by atoms with van der Waals surface area (Å²) in [5, 5.41) is 6.88. The number of hydrogen-bond donors (Lipinski definition) is 0. The maximum absolute atomic E-state index is 13.8. The molecule has 2 aromatic carbocycles. The van der Waals surface area contributed by atoms with E-state index < -0.39 is 29.5 Å². The Bertz CT molecular complexity index is 1110. The normalized spacial score (nSPS) is 19.0. The predicted octanol–water partition coefficient (Wildman–Crippen LogP) is 4.50. The predicted molar refractivity (Wildman–Crippen MR) is 94.2 cm³/mol. The zero-order valence-corrected chi connectivity index (χ0v) is 15.4. The van der Waals surface area contributed by atoms with E-state index in [1.54, 1.807) is 26.1 Å². The minimum Gasteiger partial charge on any atom is -0.415 e. The van der Waals surface area contributed by atoms with Gasteiger partial charge in [0, 0.05) is 24.6 Å². The average Bonchev–Trinajstić information content (AvgIpc) is 3.19. The first-order valence-corrected chi connectivity index (χ1v) is 8.69. The van der Waals surface area contributed by atoms with Crippen LogP contribution in [0.4, 0.5) is 17.6 Å². The summed E-state index contributed by atoms with van der Waals surface area (Å²) >= 11 is 0. The SMILES string of the molecule is CN1C(=O)c2cc(-c3nnc(C(F)F)o3)ccc2CC1(C)c1ccc(F)c(F)c1. The number of amides is 1. The topological polar surface area (TPSA) is 59.2 Å². The summed E-state index contributed by atoms with van der Waals surface area (Å²) in [5.41, 5.74) is 0.925. The fourth-order valence-electron chi connectivity index (χ4n) is 3.52. The second-order valence-corrected chi connectivity index (χ2v) is 7.06. The number of halogens is 4. The molecule has 0 saturated heterocycles. The van der Waals surface area contributed by atoms with Crippen LogP contribution in [0.15, 0.2) is 40.8 Å². The minimum atomic E-state index is -2.89. The van der Waals surface area contributed by atoms with E-state index >= 15 is 0 Å². The third-order valence-electron chi connectivity index (χ3n) is 5.34. The van der Waals surface area contributed by atoms with Gasteiger partial charge in [-0.2, -0.15) is 8.78 Å². The van der Waals surface area contributed by atoms with E-state index in [-0.39, 0.29) is 11.8 Å². The number of rotatable bonds is 3. The van der Waals surface area contributed by atoms with Gasteiger partial charge >= 0.3 is 6.43 Å². The monoisotopic (exact) mass is 405 g/mol. The quantitative estimate of drug-likeness (QED) is 0.603. The van der Waals surface area contributed by atoms with Crippen molar-refractivity contribution < 1.29 is 26.8 Å². The summed E-state index contributed by atoms with van der Waals surface area (Å²) in [4.78, 5) is 14.5. The van der Waals surface area contributed by atoms with E-state index in [0.29, 0.717) is 28.7 Å². The highest BCUT2D eigenvalue weighted by atomic mass is 19.3. The van der Waals surface area contributed by atoms with Crippen LogP contribution < -0.4 is 0 Å². The van der Waals surface area contributed by atoms with Crippen LogP contribution in [0.2, 0.25) is 0 Å². The number of nitrogens with zero attached hydrogens (tertiary/aromatic N) is 3. The molecule has 0 N–H and O–H groups in total. The first kappa shape index (κ1) is 19.1. The van der Waals surface area contributed by atoms with Gasteiger partial charge < -0.3 is 9.32 Å². The zero-order valence-electron chi connectivity index (χ0n) is 15.4. The van der Waals surface area contributed by atoms with Gasteiger partial charge in [0.25, 0.3) is 11.8 Å². The third kappa shape index (κ3) is 3.06. The van der Waals surface area contributed by atoms with Crippen LogP contribution in [-0.2, 0) is 12.0 Å². The summed E-state index contributed by atoms with van der Waals surface area (Å²) in [6, 6.07) is 8.32. The molecular weight excluding hydrogens is 390 g/mol. The number of carbonyl (C=O) groups is 1. The van der Waals surface area contributed by atoms with Crippen LogP contribution in [0.25, 0.3) is 11.5 Å². The van der Waals surface area contributed by atoms with Crippen molar-refractivity contribution in [2.45, 2.75) is 25.3 Å². The molecule has 0 fully saturated rings. The summed E-state index contributed by atoms with van der Waals surface area (Å²) in [7, 11) is 1.57. The molecule has 0 spiro atoms. The van der Waals surface area contributed by atoms with Crippen molar-refractivity contribution in [1.82, 2.24) is 15.1 Å². The van der Waals surface area contributed by atoms with E-state index in [1.165, 1.54) is 17.0 Å². The highest BCUT2D eigenvalue weighted by molar-refractivity contribution is 5.98. The average molecular weight is 405 g/mol. The van der Waals surface area contributed by atoms with Gasteiger partial charge in [-0.15, -0.1) is 10.2 Å². The number of alkyl halides is 2. The van der Waals surface area contributed by atoms with E-state index in [9.17, 15) is 22.4 Å². The molecule has 3 aromatic rings. The second-order valence-electron chi connectivity index (χ2n) is 7.06. The molecule has 1 aliphatic heterocycles. The Hall–Kier alpha value is -3.23. The smallest absolute Gasteiger partial charge is 0.314 e. The largest absolute Gasteiger partial charge is 0.415 e. The van der Waals surface area contributed by atoms with Crippen molar-refractivity contribution in [3.8, 4) is 11.5 Å². The van der Waals surface area contributed by atoms with Crippen molar-refractivity contribution in [2.24, 2.45) is 0 Å². The lowest BCUT2D eigenvalue weighted by Gasteiger charge is -2.43. The van der Waals surface area contributed by atoms with Crippen LogP contribution in [0.5, 0.6) is 0 Å². The molecule has 0 aliphatic carbocycles. The van der Waals surface area contributed by atoms with Gasteiger partial charge in [-0.25, -0.2) is 8.78 Å². The standard InChI is InChI=1S/C20H15F4N3O2/c1-20(12-5-6-14(21)15(22)8-12)9-11-4-3-10(7-13(11)19(28)27(20)2)17-25-26-18(29-17)16(23)24/h3-8,16H,9H2,1-2H3. The van der Waals surface area contributed by atoms with Crippen LogP contribution in [0, 0.1) is 11.6 Å². The highest BCUT2D eigenvalue weighted by Crippen LogP contribution is 2.39. The first-order chi connectivity index (χ1) is 13.7. The lowest BCUT2D eigenvalue weighted by Crippen LogP contribution is -2.50. The van der Waals surface area contributed by atoms with Gasteiger partial charge in [0.2, 0.25) is 5.89 Å². The molecule has 4 rings (SSSR count). The number of fused-ring (bicyclic) bond motifs is 1. The fraction of sp³-hybridized carbons (Fsp3) is 0.250. The molecule has 0 saturated carbocycles. The van der Waals surface area contributed by atoms with Crippen LogP contribution in [-0.4, -0.2) is 28.1 Å². The van der Waals surface area contributed by atoms with Gasteiger partial charge in [-0.3, -0.25) is 4.79 Å². The molecule has 1 aromatic heterocycles. The van der Waals surface area contributed by atoms with Crippen LogP contribution >= 0.6 is 0 Å². The van der Waals surface area contributed by atoms with Gasteiger partial charge in [0.1, 0.15) is 0 Å². The summed E-state index contributed by atoms with van der Waals surface area (Å²) in [5.74, 6) is -3.22. The van der Waals surface area contributed by atoms with E-state index in [4.69, 9.17) is 4.42 Å². The van der Waals surface area contributed by atoms with Gasteiger partial charge in [-0.05, 0) is 42.3 Å². The Kier molecular flexibility index (Phi) is 4.40. The van der Waals surface area contributed by atoms with Gasteiger partial charge in [-0.1, -0.05) is 12.1 Å². The molecule has 1 atom stereocenters. The van der Waals surface area contributed by atoms with Gasteiger partial charge in [0.15, 0.2) is 11.6 Å². The van der Waals surface area contributed by atoms with Crippen molar-refractivity contribution in [1.29, 1.82) is 0 Å². The number of hydrogen-bond acceptors (Lipinski definition) is 4. The number of aromatic nitrogens is 2. The maximum atomic E-state index is 13.8. The molecule has 1 unspecified atom stereocenters. The Morgan fingerprint density at radius 2 is 1.86 bits per heavy atom. The Morgan fingerprint density at radius 1 is 1.10 bits per heavy atom. The molecule has 9 heteroatoms. The molecule has 29 heavy (non-hydrogen) atoms. The zero-order chi connectivity index (χ0) is 20.9. The molecule has 1 amide bonds. The number of likely N-dealkylation sites (N-methyl/N-ethyl adjacent to an activating group) is 1. The molecular formula is C20H15F4N3O2. The van der Waals surface area contributed by atoms with Crippen molar-refractivity contribution in [3.63, 3.8) is 0 Å². The fourth-order valence-corrected chi connectivity index (χ4v) is 3.52. The minimum absolute atomic E-state index is 0.118. The van der Waals surface area contributed by atoms with Crippen molar-refractivity contribution >= 4 is 5.91 Å². The van der Waals surface area contributed by atoms with Crippen molar-refractivity contribution in [2.75, 3.05) is 7.05 Å². The third-order valence-corrected chi connectivity index (χ3v) is 5.34. The van der Waals surface area contributed by atoms with E-state index in [2.05, 4.69) is 10.2 Å². The molecule has 0 bridgehead atoms. The molecule has 1 aliphatic rings. The Balaban J connectivity index is 1.74. The summed E-state index contributed by atoms with van der Waals surface area (Å²) in [6.07, 6.45) is -2.54. The summed E-state index contributed by atoms with van der Waals surface area (Å²) < 4.78 is 57.4. The number of benzene rings is 2.